The molecule has 1 fully saturated rings. The van der Waals surface area contributed by atoms with E-state index in [0.29, 0.717) is 11.2 Å². The number of hydrogen-bond acceptors (Lipinski definition) is 5. The minimum Gasteiger partial charge on any atom is -0.369 e. The van der Waals surface area contributed by atoms with E-state index < -0.39 is 0 Å². The number of rotatable bonds is 4. The van der Waals surface area contributed by atoms with Gasteiger partial charge in [-0.15, -0.1) is 0 Å². The fraction of sp³-hybridized carbons (Fsp3) is 0.688. The molecule has 3 rings (SSSR count). The van der Waals surface area contributed by atoms with E-state index in [1.807, 2.05) is 4.57 Å². The molecule has 2 N–H and O–H groups in total. The third kappa shape index (κ3) is 2.85. The quantitative estimate of drug-likeness (QED) is 0.933. The predicted molar refractivity (Wildman–Crippen MR) is 89.0 cm³/mol. The van der Waals surface area contributed by atoms with Crippen molar-refractivity contribution in [3.8, 4) is 0 Å². The van der Waals surface area contributed by atoms with E-state index in [-0.39, 0.29) is 29.3 Å². The third-order valence-corrected chi connectivity index (χ3v) is 4.97. The highest BCUT2D eigenvalue weighted by Crippen LogP contribution is 2.37. The summed E-state index contributed by atoms with van der Waals surface area (Å²) in [7, 11) is 1.60. The maximum Gasteiger partial charge on any atom is 0.282 e. The number of nitrogen functional groups attached to an aromatic ring is 1. The van der Waals surface area contributed by atoms with Crippen LogP contribution in [0.4, 0.5) is 5.95 Å². The van der Waals surface area contributed by atoms with Gasteiger partial charge < -0.3 is 10.5 Å². The molecule has 1 aliphatic rings. The van der Waals surface area contributed by atoms with Crippen molar-refractivity contribution in [2.45, 2.75) is 58.8 Å². The molecular weight excluding hydrogens is 294 g/mol. The van der Waals surface area contributed by atoms with Crippen LogP contribution in [0.5, 0.6) is 0 Å². The summed E-state index contributed by atoms with van der Waals surface area (Å²) < 4.78 is 9.34. The number of fused-ring (bicyclic) bond motifs is 1. The molecule has 23 heavy (non-hydrogen) atoms. The van der Waals surface area contributed by atoms with E-state index in [9.17, 15) is 4.79 Å². The first-order chi connectivity index (χ1) is 10.8. The molecular formula is C16H25N5O2. The average molecular weight is 319 g/mol. The Hall–Kier alpha value is -1.89. The molecule has 0 radical (unpaired) electrons. The van der Waals surface area contributed by atoms with E-state index in [1.165, 1.54) is 4.57 Å². The maximum absolute atomic E-state index is 12.2. The monoisotopic (exact) mass is 319 g/mol. The molecule has 0 spiro atoms. The second-order valence-corrected chi connectivity index (χ2v) is 7.17. The Labute approximate surface area is 135 Å². The Morgan fingerprint density at radius 3 is 2.87 bits per heavy atom. The van der Waals surface area contributed by atoms with Crippen LogP contribution in [-0.2, 0) is 11.8 Å². The minimum absolute atomic E-state index is 0.128. The molecule has 126 valence electrons. The van der Waals surface area contributed by atoms with Crippen molar-refractivity contribution < 1.29 is 4.74 Å². The van der Waals surface area contributed by atoms with Crippen molar-refractivity contribution in [3.05, 3.63) is 16.7 Å². The molecule has 1 saturated heterocycles. The molecule has 2 aromatic heterocycles. The zero-order valence-corrected chi connectivity index (χ0v) is 14.2. The summed E-state index contributed by atoms with van der Waals surface area (Å²) in [6.45, 7) is 6.74. The summed E-state index contributed by atoms with van der Waals surface area (Å²) in [5, 5.41) is 0. The Morgan fingerprint density at radius 2 is 2.17 bits per heavy atom. The van der Waals surface area contributed by atoms with Crippen molar-refractivity contribution in [1.82, 2.24) is 19.1 Å². The van der Waals surface area contributed by atoms with Gasteiger partial charge in [-0.2, -0.15) is 4.98 Å². The number of imidazole rings is 1. The molecule has 0 aliphatic carbocycles. The highest BCUT2D eigenvalue weighted by atomic mass is 16.5. The summed E-state index contributed by atoms with van der Waals surface area (Å²) in [5.74, 6) is 0.186. The summed E-state index contributed by atoms with van der Waals surface area (Å²) in [6, 6.07) is 0. The number of anilines is 1. The Kier molecular flexibility index (Phi) is 3.91. The first-order valence-electron chi connectivity index (χ1n) is 8.17. The summed E-state index contributed by atoms with van der Waals surface area (Å²) in [4.78, 5) is 20.7. The topological polar surface area (TPSA) is 88.0 Å². The predicted octanol–water partition coefficient (Wildman–Crippen LogP) is 2.22. The summed E-state index contributed by atoms with van der Waals surface area (Å²) in [5.41, 5.74) is 6.70. The highest BCUT2D eigenvalue weighted by Gasteiger charge is 2.32. The Bertz CT molecular complexity index is 777. The van der Waals surface area contributed by atoms with Crippen LogP contribution in [0.2, 0.25) is 0 Å². The number of nitrogens with zero attached hydrogens (tertiary/aromatic N) is 4. The SMILES string of the molecule is CCC(C)(C)CC1CC[C@H](n2cnc3c(=O)n(C)c(N)nc32)O1. The molecule has 2 atom stereocenters. The third-order valence-electron chi connectivity index (χ3n) is 4.97. The molecule has 0 bridgehead atoms. The molecule has 2 aromatic rings. The van der Waals surface area contributed by atoms with Gasteiger partial charge in [-0.3, -0.25) is 13.9 Å². The van der Waals surface area contributed by atoms with E-state index >= 15 is 0 Å². The zero-order valence-electron chi connectivity index (χ0n) is 14.2. The van der Waals surface area contributed by atoms with Crippen LogP contribution in [0, 0.1) is 5.41 Å². The average Bonchev–Trinajstić information content (AvgIpc) is 3.11. The number of aromatic nitrogens is 4. The van der Waals surface area contributed by atoms with Gasteiger partial charge in [0.15, 0.2) is 11.2 Å². The van der Waals surface area contributed by atoms with Crippen molar-refractivity contribution in [2.75, 3.05) is 5.73 Å². The van der Waals surface area contributed by atoms with Gasteiger partial charge in [0, 0.05) is 7.05 Å². The first kappa shape index (κ1) is 16.0. The fourth-order valence-corrected chi connectivity index (χ4v) is 3.08. The van der Waals surface area contributed by atoms with Crippen LogP contribution < -0.4 is 11.3 Å². The molecule has 1 aliphatic heterocycles. The van der Waals surface area contributed by atoms with Crippen molar-refractivity contribution >= 4 is 17.1 Å². The normalized spacial score (nSPS) is 22.1. The fourth-order valence-electron chi connectivity index (χ4n) is 3.08. The molecule has 7 nitrogen and oxygen atoms in total. The van der Waals surface area contributed by atoms with Gasteiger partial charge in [0.25, 0.3) is 5.56 Å². The van der Waals surface area contributed by atoms with Crippen LogP contribution in [0.1, 0.15) is 52.7 Å². The second-order valence-electron chi connectivity index (χ2n) is 7.17. The smallest absolute Gasteiger partial charge is 0.282 e. The Balaban J connectivity index is 1.87. The molecule has 0 aromatic carbocycles. The molecule has 3 heterocycles. The minimum atomic E-state index is -0.229. The van der Waals surface area contributed by atoms with E-state index in [2.05, 4.69) is 30.7 Å². The van der Waals surface area contributed by atoms with Gasteiger partial charge in [0.2, 0.25) is 5.95 Å². The standard InChI is InChI=1S/C16H25N5O2/c1-5-16(2,3)8-10-6-7-11(23-10)21-9-18-12-13(21)19-15(17)20(4)14(12)22/h9-11H,5-8H2,1-4H3,(H2,17,19)/t10?,11-/m1/s1. The van der Waals surface area contributed by atoms with E-state index in [0.717, 1.165) is 25.7 Å². The number of ether oxygens (including phenoxy) is 1. The van der Waals surface area contributed by atoms with Gasteiger partial charge in [-0.05, 0) is 24.7 Å². The lowest BCUT2D eigenvalue weighted by Crippen LogP contribution is -2.23. The summed E-state index contributed by atoms with van der Waals surface area (Å²) >= 11 is 0. The lowest BCUT2D eigenvalue weighted by molar-refractivity contribution is -0.0152. The second kappa shape index (κ2) is 5.63. The van der Waals surface area contributed by atoms with Crippen molar-refractivity contribution in [3.63, 3.8) is 0 Å². The van der Waals surface area contributed by atoms with Gasteiger partial charge in [0.05, 0.1) is 12.4 Å². The number of nitrogens with two attached hydrogens (primary N) is 1. The van der Waals surface area contributed by atoms with Gasteiger partial charge in [-0.25, -0.2) is 4.98 Å². The highest BCUT2D eigenvalue weighted by molar-refractivity contribution is 5.70. The summed E-state index contributed by atoms with van der Waals surface area (Å²) in [6.07, 6.45) is 5.80. The Morgan fingerprint density at radius 1 is 1.43 bits per heavy atom. The molecule has 1 unspecified atom stereocenters. The van der Waals surface area contributed by atoms with Crippen LogP contribution in [0.15, 0.2) is 11.1 Å². The van der Waals surface area contributed by atoms with Crippen LogP contribution in [0.3, 0.4) is 0 Å². The largest absolute Gasteiger partial charge is 0.369 e. The van der Waals surface area contributed by atoms with Crippen LogP contribution in [-0.4, -0.2) is 25.2 Å². The van der Waals surface area contributed by atoms with E-state index in [1.54, 1.807) is 13.4 Å². The van der Waals surface area contributed by atoms with Crippen molar-refractivity contribution in [1.29, 1.82) is 0 Å². The van der Waals surface area contributed by atoms with Gasteiger partial charge >= 0.3 is 0 Å². The van der Waals surface area contributed by atoms with Gasteiger partial charge in [-0.1, -0.05) is 27.2 Å². The van der Waals surface area contributed by atoms with E-state index in [4.69, 9.17) is 10.5 Å². The number of hydrogen-bond donors (Lipinski definition) is 1. The molecule has 0 amide bonds. The first-order valence-corrected chi connectivity index (χ1v) is 8.17. The lowest BCUT2D eigenvalue weighted by atomic mass is 9.83. The van der Waals surface area contributed by atoms with Crippen molar-refractivity contribution in [2.24, 2.45) is 12.5 Å². The van der Waals surface area contributed by atoms with Crippen LogP contribution in [0.25, 0.3) is 11.2 Å². The van der Waals surface area contributed by atoms with Gasteiger partial charge in [0.1, 0.15) is 6.23 Å². The van der Waals surface area contributed by atoms with Crippen LogP contribution >= 0.6 is 0 Å². The molecule has 0 saturated carbocycles. The maximum atomic E-state index is 12.2. The molecule has 7 heteroatoms. The zero-order chi connectivity index (χ0) is 16.8. The lowest BCUT2D eigenvalue weighted by Gasteiger charge is -2.26.